The van der Waals surface area contributed by atoms with Gasteiger partial charge in [0.05, 0.1) is 24.1 Å². The number of aromatic nitrogens is 3. The first-order valence-corrected chi connectivity index (χ1v) is 10.3. The van der Waals surface area contributed by atoms with Crippen LogP contribution in [-0.4, -0.2) is 51.8 Å². The van der Waals surface area contributed by atoms with Gasteiger partial charge < -0.3 is 29.8 Å². The summed E-state index contributed by atoms with van der Waals surface area (Å²) >= 11 is 0. The van der Waals surface area contributed by atoms with Gasteiger partial charge in [0.1, 0.15) is 30.0 Å². The smallest absolute Gasteiger partial charge is 0.164 e. The molecule has 1 unspecified atom stereocenters. The fourth-order valence-electron chi connectivity index (χ4n) is 4.44. The molecule has 8 heteroatoms. The molecule has 4 heterocycles. The normalized spacial score (nSPS) is 27.9. The van der Waals surface area contributed by atoms with Crippen LogP contribution in [0, 0.1) is 0 Å². The third-order valence-electron chi connectivity index (χ3n) is 5.81. The molecule has 2 fully saturated rings. The Labute approximate surface area is 175 Å². The van der Waals surface area contributed by atoms with Crippen LogP contribution in [-0.2, 0) is 20.8 Å². The van der Waals surface area contributed by atoms with Crippen molar-refractivity contribution >= 4 is 16.9 Å². The molecule has 0 aliphatic carbocycles. The van der Waals surface area contributed by atoms with Crippen molar-refractivity contribution in [1.82, 2.24) is 19.9 Å². The summed E-state index contributed by atoms with van der Waals surface area (Å²) in [6, 6.07) is 12.2. The second-order valence-corrected chi connectivity index (χ2v) is 8.34. The minimum Gasteiger partial charge on any atom is -0.383 e. The van der Waals surface area contributed by atoms with E-state index >= 15 is 0 Å². The minimum atomic E-state index is -0.671. The van der Waals surface area contributed by atoms with Gasteiger partial charge in [0.25, 0.3) is 0 Å². The topological polar surface area (TPSA) is 96.5 Å². The summed E-state index contributed by atoms with van der Waals surface area (Å²) in [5.74, 6) is -0.199. The van der Waals surface area contributed by atoms with E-state index in [0.29, 0.717) is 19.0 Å². The summed E-state index contributed by atoms with van der Waals surface area (Å²) in [5.41, 5.74) is 8.03. The van der Waals surface area contributed by atoms with Crippen molar-refractivity contribution in [2.45, 2.75) is 50.5 Å². The van der Waals surface area contributed by atoms with Crippen molar-refractivity contribution in [3.8, 4) is 0 Å². The third kappa shape index (κ3) is 3.56. The SMILES string of the molecule is CC1(C)O[C@@H]2[C@@H](CNCc3ccccc3)OCC(n3ccc4c(N)ncnc43)[C@@H]2O1. The summed E-state index contributed by atoms with van der Waals surface area (Å²) in [4.78, 5) is 8.52. The summed E-state index contributed by atoms with van der Waals surface area (Å²) in [6.07, 6.45) is 3.03. The highest BCUT2D eigenvalue weighted by Gasteiger charge is 2.52. The van der Waals surface area contributed by atoms with Crippen LogP contribution in [0.25, 0.3) is 11.0 Å². The summed E-state index contributed by atoms with van der Waals surface area (Å²) in [7, 11) is 0. The molecule has 2 aliphatic heterocycles. The van der Waals surface area contributed by atoms with Gasteiger partial charge in [-0.15, -0.1) is 0 Å². The fourth-order valence-corrected chi connectivity index (χ4v) is 4.44. The van der Waals surface area contributed by atoms with Crippen molar-refractivity contribution in [3.63, 3.8) is 0 Å². The van der Waals surface area contributed by atoms with E-state index in [1.165, 1.54) is 11.9 Å². The van der Waals surface area contributed by atoms with Gasteiger partial charge in [0.15, 0.2) is 5.79 Å². The zero-order chi connectivity index (χ0) is 20.7. The van der Waals surface area contributed by atoms with Gasteiger partial charge in [0, 0.05) is 19.3 Å². The zero-order valence-electron chi connectivity index (χ0n) is 17.2. The molecular weight excluding hydrogens is 382 g/mol. The molecule has 158 valence electrons. The Morgan fingerprint density at radius 3 is 2.77 bits per heavy atom. The van der Waals surface area contributed by atoms with Gasteiger partial charge in [-0.3, -0.25) is 0 Å². The molecule has 5 rings (SSSR count). The van der Waals surface area contributed by atoms with Crippen LogP contribution < -0.4 is 11.1 Å². The maximum atomic E-state index is 6.34. The van der Waals surface area contributed by atoms with Gasteiger partial charge in [-0.25, -0.2) is 9.97 Å². The molecule has 3 aromatic rings. The van der Waals surface area contributed by atoms with Gasteiger partial charge in [0.2, 0.25) is 0 Å². The van der Waals surface area contributed by atoms with Gasteiger partial charge in [-0.2, -0.15) is 0 Å². The second kappa shape index (κ2) is 7.63. The Bertz CT molecular complexity index is 1020. The number of rotatable bonds is 5. The lowest BCUT2D eigenvalue weighted by molar-refractivity contribution is -0.153. The summed E-state index contributed by atoms with van der Waals surface area (Å²) in [5, 5.41) is 4.33. The molecule has 0 saturated carbocycles. The number of nitrogens with one attached hydrogen (secondary N) is 1. The molecule has 0 bridgehead atoms. The molecular formula is C22H27N5O3. The minimum absolute atomic E-state index is 0.0612. The van der Waals surface area contributed by atoms with Crippen LogP contribution in [0.2, 0.25) is 0 Å². The second-order valence-electron chi connectivity index (χ2n) is 8.34. The molecule has 0 spiro atoms. The molecule has 2 aromatic heterocycles. The van der Waals surface area contributed by atoms with E-state index < -0.39 is 5.79 Å². The number of ether oxygens (including phenoxy) is 3. The van der Waals surface area contributed by atoms with E-state index in [1.54, 1.807) is 0 Å². The maximum Gasteiger partial charge on any atom is 0.164 e. The Morgan fingerprint density at radius 1 is 1.13 bits per heavy atom. The fraction of sp³-hybridized carbons (Fsp3) is 0.455. The van der Waals surface area contributed by atoms with E-state index in [-0.39, 0.29) is 24.4 Å². The molecule has 1 aromatic carbocycles. The van der Waals surface area contributed by atoms with E-state index in [0.717, 1.165) is 17.6 Å². The number of hydrogen-bond acceptors (Lipinski definition) is 7. The predicted molar refractivity (Wildman–Crippen MR) is 113 cm³/mol. The Hall–Kier alpha value is -2.52. The molecule has 4 atom stereocenters. The summed E-state index contributed by atoms with van der Waals surface area (Å²) in [6.45, 7) is 5.87. The first kappa shape index (κ1) is 19.4. The lowest BCUT2D eigenvalue weighted by Gasteiger charge is -2.38. The quantitative estimate of drug-likeness (QED) is 0.667. The number of hydrogen-bond donors (Lipinski definition) is 2. The number of benzene rings is 1. The van der Waals surface area contributed by atoms with Crippen LogP contribution in [0.15, 0.2) is 48.9 Å². The predicted octanol–water partition coefficient (Wildman–Crippen LogP) is 2.26. The van der Waals surface area contributed by atoms with Gasteiger partial charge >= 0.3 is 0 Å². The molecule has 8 nitrogen and oxygen atoms in total. The van der Waals surface area contributed by atoms with Crippen molar-refractivity contribution in [3.05, 3.63) is 54.5 Å². The molecule has 2 saturated heterocycles. The van der Waals surface area contributed by atoms with Crippen molar-refractivity contribution in [2.75, 3.05) is 18.9 Å². The van der Waals surface area contributed by atoms with Crippen molar-refractivity contribution in [1.29, 1.82) is 0 Å². The Balaban J connectivity index is 1.35. The van der Waals surface area contributed by atoms with E-state index in [4.69, 9.17) is 19.9 Å². The highest BCUT2D eigenvalue weighted by atomic mass is 16.8. The lowest BCUT2D eigenvalue weighted by atomic mass is 9.97. The van der Waals surface area contributed by atoms with Crippen LogP contribution >= 0.6 is 0 Å². The van der Waals surface area contributed by atoms with Crippen LogP contribution in [0.4, 0.5) is 5.82 Å². The highest BCUT2D eigenvalue weighted by molar-refractivity contribution is 5.86. The average Bonchev–Trinajstić information content (AvgIpc) is 3.30. The first-order chi connectivity index (χ1) is 14.5. The van der Waals surface area contributed by atoms with Crippen LogP contribution in [0.5, 0.6) is 0 Å². The van der Waals surface area contributed by atoms with Crippen molar-refractivity contribution < 1.29 is 14.2 Å². The molecule has 2 aliphatic rings. The van der Waals surface area contributed by atoms with Gasteiger partial charge in [-0.05, 0) is 25.5 Å². The highest BCUT2D eigenvalue weighted by Crippen LogP contribution is 2.40. The monoisotopic (exact) mass is 409 g/mol. The number of fused-ring (bicyclic) bond motifs is 2. The molecule has 30 heavy (non-hydrogen) atoms. The number of nitrogens with two attached hydrogens (primary N) is 1. The Morgan fingerprint density at radius 2 is 1.93 bits per heavy atom. The Kier molecular flexibility index (Phi) is 4.94. The van der Waals surface area contributed by atoms with E-state index in [9.17, 15) is 0 Å². The number of nitrogen functional groups attached to an aromatic ring is 1. The maximum absolute atomic E-state index is 6.34. The van der Waals surface area contributed by atoms with Crippen LogP contribution in [0.3, 0.4) is 0 Å². The lowest BCUT2D eigenvalue weighted by Crippen LogP contribution is -2.52. The average molecular weight is 409 g/mol. The molecule has 0 amide bonds. The largest absolute Gasteiger partial charge is 0.383 e. The van der Waals surface area contributed by atoms with Crippen LogP contribution in [0.1, 0.15) is 25.5 Å². The number of nitrogens with zero attached hydrogens (tertiary/aromatic N) is 3. The van der Waals surface area contributed by atoms with Gasteiger partial charge in [-0.1, -0.05) is 30.3 Å². The van der Waals surface area contributed by atoms with Crippen molar-refractivity contribution in [2.24, 2.45) is 0 Å². The first-order valence-electron chi connectivity index (χ1n) is 10.3. The number of anilines is 1. The standard InChI is InChI=1S/C22H27N5O3/c1-22(2)29-18-16(27-9-8-15-20(23)25-13-26-21(15)27)12-28-17(19(18)30-22)11-24-10-14-6-4-3-5-7-14/h3-9,13,16-19,24H,10-12H2,1-2H3,(H2,23,25,26)/t16?,17-,18+,19-/m1/s1. The van der Waals surface area contributed by atoms with E-state index in [1.807, 2.05) is 44.3 Å². The summed E-state index contributed by atoms with van der Waals surface area (Å²) < 4.78 is 21.0. The molecule has 3 N–H and O–H groups in total. The molecule has 0 radical (unpaired) electrons. The van der Waals surface area contributed by atoms with E-state index in [2.05, 4.69) is 32.0 Å². The zero-order valence-corrected chi connectivity index (χ0v) is 17.2. The third-order valence-corrected chi connectivity index (χ3v) is 5.81.